The number of halogens is 1. The first kappa shape index (κ1) is 16.1. The molecule has 0 unspecified atom stereocenters. The fourth-order valence-corrected chi connectivity index (χ4v) is 5.41. The molecule has 5 aliphatic rings. The van der Waals surface area contributed by atoms with E-state index in [-0.39, 0.29) is 47.9 Å². The number of aryl methyl sites for hydroxylation is 1. The Bertz CT molecular complexity index is 844. The molecule has 1 aromatic rings. The van der Waals surface area contributed by atoms with Crippen LogP contribution in [0.3, 0.4) is 0 Å². The number of anilines is 1. The minimum atomic E-state index is -0.374. The van der Waals surface area contributed by atoms with Gasteiger partial charge in [0.15, 0.2) is 0 Å². The number of imide groups is 1. The van der Waals surface area contributed by atoms with E-state index in [0.717, 1.165) is 12.0 Å². The number of carbonyl (C=O) groups excluding carboxylic acids is 3. The van der Waals surface area contributed by atoms with Gasteiger partial charge in [-0.05, 0) is 54.7 Å². The van der Waals surface area contributed by atoms with Gasteiger partial charge < -0.3 is 5.32 Å². The van der Waals surface area contributed by atoms with E-state index in [2.05, 4.69) is 17.5 Å². The molecule has 1 N–H and O–H groups in total. The summed E-state index contributed by atoms with van der Waals surface area (Å²) in [4.78, 5) is 39.4. The van der Waals surface area contributed by atoms with E-state index in [1.807, 2.05) is 13.0 Å². The third-order valence-electron chi connectivity index (χ3n) is 6.53. The first-order valence-corrected chi connectivity index (χ1v) is 9.43. The van der Waals surface area contributed by atoms with Crippen LogP contribution in [-0.4, -0.2) is 29.2 Å². The Morgan fingerprint density at radius 3 is 2.38 bits per heavy atom. The fraction of sp³-hybridized carbons (Fsp3) is 0.450. The molecule has 4 aliphatic carbocycles. The standard InChI is InChI=1S/C20H19ClN2O3/c1-9-2-3-10(21)6-15(9)22-16(24)8-23-19(25)17-11-4-5-12(14-7-13(11)14)18(17)20(23)26/h2-6,11-14,17-18H,7-8H2,1H3,(H,22,24)/t11-,12-,13-,14+,17-,18+/m0/s1. The number of hydrogen-bond acceptors (Lipinski definition) is 3. The Morgan fingerprint density at radius 2 is 1.77 bits per heavy atom. The van der Waals surface area contributed by atoms with Gasteiger partial charge in [-0.25, -0.2) is 0 Å². The Hall–Kier alpha value is -2.14. The largest absolute Gasteiger partial charge is 0.324 e. The van der Waals surface area contributed by atoms with Crippen LogP contribution in [0, 0.1) is 42.4 Å². The fourth-order valence-electron chi connectivity index (χ4n) is 5.24. The average Bonchev–Trinajstić information content (AvgIpc) is 3.39. The number of hydrogen-bond donors (Lipinski definition) is 1. The van der Waals surface area contributed by atoms with Crippen LogP contribution in [0.15, 0.2) is 30.4 Å². The second-order valence-electron chi connectivity index (χ2n) is 7.92. The van der Waals surface area contributed by atoms with Gasteiger partial charge >= 0.3 is 0 Å². The molecule has 2 saturated carbocycles. The molecule has 0 radical (unpaired) electrons. The minimum absolute atomic E-state index is 0.176. The van der Waals surface area contributed by atoms with Crippen LogP contribution < -0.4 is 5.32 Å². The highest BCUT2D eigenvalue weighted by atomic mass is 35.5. The molecule has 1 saturated heterocycles. The Morgan fingerprint density at radius 1 is 1.15 bits per heavy atom. The molecular weight excluding hydrogens is 352 g/mol. The second-order valence-corrected chi connectivity index (χ2v) is 8.36. The van der Waals surface area contributed by atoms with Gasteiger partial charge in [0.1, 0.15) is 6.54 Å². The van der Waals surface area contributed by atoms with Crippen LogP contribution in [0.4, 0.5) is 5.69 Å². The zero-order valence-corrected chi connectivity index (χ0v) is 15.1. The quantitative estimate of drug-likeness (QED) is 0.657. The van der Waals surface area contributed by atoms with Crippen molar-refractivity contribution in [2.24, 2.45) is 35.5 Å². The average molecular weight is 371 g/mol. The van der Waals surface area contributed by atoms with Crippen molar-refractivity contribution in [3.8, 4) is 0 Å². The van der Waals surface area contributed by atoms with Gasteiger partial charge in [0.25, 0.3) is 0 Å². The number of rotatable bonds is 3. The van der Waals surface area contributed by atoms with Gasteiger partial charge in [-0.2, -0.15) is 0 Å². The molecule has 6 atom stereocenters. The molecule has 1 aromatic carbocycles. The zero-order valence-electron chi connectivity index (χ0n) is 14.3. The van der Waals surface area contributed by atoms with Crippen LogP contribution in [0.25, 0.3) is 0 Å². The van der Waals surface area contributed by atoms with Crippen molar-refractivity contribution in [3.05, 3.63) is 40.9 Å². The van der Waals surface area contributed by atoms with E-state index in [4.69, 9.17) is 11.6 Å². The van der Waals surface area contributed by atoms with Crippen LogP contribution in [0.2, 0.25) is 5.02 Å². The number of carbonyl (C=O) groups is 3. The lowest BCUT2D eigenvalue weighted by atomic mass is 9.63. The monoisotopic (exact) mass is 370 g/mol. The number of benzene rings is 1. The van der Waals surface area contributed by atoms with Crippen molar-refractivity contribution in [2.75, 3.05) is 11.9 Å². The van der Waals surface area contributed by atoms with Crippen molar-refractivity contribution in [1.29, 1.82) is 0 Å². The summed E-state index contributed by atoms with van der Waals surface area (Å²) >= 11 is 5.98. The molecule has 1 aliphatic heterocycles. The first-order chi connectivity index (χ1) is 12.5. The van der Waals surface area contributed by atoms with E-state index in [9.17, 15) is 14.4 Å². The zero-order chi connectivity index (χ0) is 18.2. The number of likely N-dealkylation sites (tertiary alicyclic amines) is 1. The molecule has 26 heavy (non-hydrogen) atoms. The third kappa shape index (κ3) is 2.19. The molecule has 1 heterocycles. The molecule has 0 aromatic heterocycles. The van der Waals surface area contributed by atoms with E-state index in [0.29, 0.717) is 22.5 Å². The Kier molecular flexibility index (Phi) is 3.35. The topological polar surface area (TPSA) is 66.5 Å². The number of nitrogens with one attached hydrogen (secondary N) is 1. The predicted molar refractivity (Wildman–Crippen MR) is 96.2 cm³/mol. The lowest BCUT2D eigenvalue weighted by Crippen LogP contribution is -2.40. The Labute approximate surface area is 156 Å². The molecule has 5 nitrogen and oxygen atoms in total. The smallest absolute Gasteiger partial charge is 0.244 e. The minimum Gasteiger partial charge on any atom is -0.324 e. The summed E-state index contributed by atoms with van der Waals surface area (Å²) in [5, 5.41) is 3.29. The van der Waals surface area contributed by atoms with Crippen molar-refractivity contribution in [2.45, 2.75) is 13.3 Å². The van der Waals surface area contributed by atoms with Crippen molar-refractivity contribution in [1.82, 2.24) is 4.90 Å². The second kappa shape index (κ2) is 5.43. The SMILES string of the molecule is Cc1ccc(Cl)cc1NC(=O)CN1C(=O)[C@@H]2[C@H]3C=C[C@@H]([C@@H]4C[C@H]34)[C@@H]2C1=O. The van der Waals surface area contributed by atoms with Gasteiger partial charge in [-0.3, -0.25) is 19.3 Å². The van der Waals surface area contributed by atoms with E-state index in [1.165, 1.54) is 4.90 Å². The summed E-state index contributed by atoms with van der Waals surface area (Å²) in [5.74, 6) is 0.219. The number of allylic oxidation sites excluding steroid dienone is 2. The predicted octanol–water partition coefficient (Wildman–Crippen LogP) is 2.64. The normalized spacial score (nSPS) is 36.2. The summed E-state index contributed by atoms with van der Waals surface area (Å²) in [6.45, 7) is 1.63. The molecule has 6 heteroatoms. The van der Waals surface area contributed by atoms with Gasteiger partial charge in [0, 0.05) is 10.7 Å². The van der Waals surface area contributed by atoms with Gasteiger partial charge in [0.2, 0.25) is 17.7 Å². The van der Waals surface area contributed by atoms with E-state index >= 15 is 0 Å². The summed E-state index contributed by atoms with van der Waals surface area (Å²) < 4.78 is 0. The summed E-state index contributed by atoms with van der Waals surface area (Å²) in [7, 11) is 0. The highest BCUT2D eigenvalue weighted by molar-refractivity contribution is 6.31. The molecule has 2 bridgehead atoms. The van der Waals surface area contributed by atoms with Crippen molar-refractivity contribution >= 4 is 35.0 Å². The van der Waals surface area contributed by atoms with Crippen LogP contribution in [0.1, 0.15) is 12.0 Å². The van der Waals surface area contributed by atoms with E-state index in [1.54, 1.807) is 12.1 Å². The molecule has 3 amide bonds. The Balaban J connectivity index is 1.34. The maximum absolute atomic E-state index is 12.9. The number of amides is 3. The summed E-state index contributed by atoms with van der Waals surface area (Å²) in [5.41, 5.74) is 1.47. The van der Waals surface area contributed by atoms with Crippen molar-refractivity contribution in [3.63, 3.8) is 0 Å². The van der Waals surface area contributed by atoms with Crippen molar-refractivity contribution < 1.29 is 14.4 Å². The van der Waals surface area contributed by atoms with Gasteiger partial charge in [-0.1, -0.05) is 29.8 Å². The maximum Gasteiger partial charge on any atom is 0.244 e. The van der Waals surface area contributed by atoms with Crippen LogP contribution in [0.5, 0.6) is 0 Å². The molecule has 134 valence electrons. The van der Waals surface area contributed by atoms with E-state index < -0.39 is 0 Å². The number of nitrogens with zero attached hydrogens (tertiary/aromatic N) is 1. The summed E-state index contributed by atoms with van der Waals surface area (Å²) in [6.07, 6.45) is 5.39. The molecule has 3 fully saturated rings. The molecule has 6 rings (SSSR count). The third-order valence-corrected chi connectivity index (χ3v) is 6.76. The van der Waals surface area contributed by atoms with Gasteiger partial charge in [0.05, 0.1) is 11.8 Å². The highest BCUT2D eigenvalue weighted by Gasteiger charge is 2.67. The van der Waals surface area contributed by atoms with Crippen LogP contribution >= 0.6 is 11.6 Å². The highest BCUT2D eigenvalue weighted by Crippen LogP contribution is 2.65. The maximum atomic E-state index is 12.9. The van der Waals surface area contributed by atoms with Gasteiger partial charge in [-0.15, -0.1) is 0 Å². The molecular formula is C20H19ClN2O3. The first-order valence-electron chi connectivity index (χ1n) is 9.05. The lowest BCUT2D eigenvalue weighted by Gasteiger charge is -2.37. The lowest BCUT2D eigenvalue weighted by molar-refractivity contribution is -0.142. The summed E-state index contributed by atoms with van der Waals surface area (Å²) in [6, 6.07) is 5.23. The molecule has 0 spiro atoms. The van der Waals surface area contributed by atoms with Crippen LogP contribution in [-0.2, 0) is 14.4 Å².